The minimum atomic E-state index is -1.07. The lowest BCUT2D eigenvalue weighted by Gasteiger charge is -2.24. The van der Waals surface area contributed by atoms with E-state index in [2.05, 4.69) is 9.97 Å². The van der Waals surface area contributed by atoms with E-state index in [1.165, 1.54) is 13.2 Å². The molecule has 0 saturated heterocycles. The van der Waals surface area contributed by atoms with Crippen molar-refractivity contribution >= 4 is 22.8 Å². The van der Waals surface area contributed by atoms with E-state index in [1.54, 1.807) is 56.3 Å². The molecule has 4 rings (SSSR count). The molecule has 1 heterocycles. The van der Waals surface area contributed by atoms with Crippen molar-refractivity contribution in [3.8, 4) is 34.0 Å². The van der Waals surface area contributed by atoms with Crippen LogP contribution in [0.3, 0.4) is 0 Å². The molecule has 35 heavy (non-hydrogen) atoms. The average Bonchev–Trinajstić information content (AvgIpc) is 3.27. The van der Waals surface area contributed by atoms with E-state index < -0.39 is 11.4 Å². The summed E-state index contributed by atoms with van der Waals surface area (Å²) in [5.41, 5.74) is 14.4. The Morgan fingerprint density at radius 2 is 1.80 bits per heavy atom. The van der Waals surface area contributed by atoms with E-state index in [0.717, 1.165) is 5.56 Å². The number of methoxy groups -OCH3 is 1. The van der Waals surface area contributed by atoms with Crippen LogP contribution in [0, 0.1) is 5.41 Å². The number of aromatic nitrogens is 2. The van der Waals surface area contributed by atoms with Crippen molar-refractivity contribution in [2.24, 2.45) is 11.5 Å². The molecule has 3 aromatic carbocycles. The van der Waals surface area contributed by atoms with Crippen LogP contribution in [-0.2, 0) is 21.5 Å². The van der Waals surface area contributed by atoms with Crippen molar-refractivity contribution < 1.29 is 19.7 Å². The van der Waals surface area contributed by atoms with Crippen LogP contribution in [0.1, 0.15) is 30.5 Å². The summed E-state index contributed by atoms with van der Waals surface area (Å²) in [6.45, 7) is 3.68. The van der Waals surface area contributed by atoms with Gasteiger partial charge in [-0.1, -0.05) is 6.07 Å². The first-order chi connectivity index (χ1) is 16.6. The maximum Gasteiger partial charge on any atom is 0.315 e. The summed E-state index contributed by atoms with van der Waals surface area (Å²) >= 11 is 0. The molecular weight excluding hydrogens is 446 g/mol. The van der Waals surface area contributed by atoms with Crippen molar-refractivity contribution in [3.05, 3.63) is 65.2 Å². The molecule has 9 nitrogen and oxygen atoms in total. The zero-order valence-electron chi connectivity index (χ0n) is 19.6. The lowest BCUT2D eigenvalue weighted by Crippen LogP contribution is -2.30. The first-order valence-electron chi connectivity index (χ1n) is 10.9. The summed E-state index contributed by atoms with van der Waals surface area (Å²) in [6, 6.07) is 13.4. The predicted molar refractivity (Wildman–Crippen MR) is 134 cm³/mol. The molecule has 0 radical (unpaired) electrons. The second-order valence-corrected chi connectivity index (χ2v) is 8.82. The van der Waals surface area contributed by atoms with Crippen molar-refractivity contribution in [1.29, 1.82) is 5.41 Å². The first-order valence-corrected chi connectivity index (χ1v) is 10.9. The van der Waals surface area contributed by atoms with E-state index in [1.807, 2.05) is 0 Å². The van der Waals surface area contributed by atoms with Crippen LogP contribution in [0.15, 0.2) is 48.5 Å². The van der Waals surface area contributed by atoms with E-state index in [4.69, 9.17) is 21.6 Å². The summed E-state index contributed by atoms with van der Waals surface area (Å²) in [4.78, 5) is 20.4. The lowest BCUT2D eigenvalue weighted by molar-refractivity contribution is -0.146. The number of phenols is 2. The molecule has 4 aromatic rings. The third kappa shape index (κ3) is 4.17. The third-order valence-corrected chi connectivity index (χ3v) is 6.16. The molecule has 0 fully saturated rings. The Balaban J connectivity index is 2.01. The summed E-state index contributed by atoms with van der Waals surface area (Å²) in [5, 5.41) is 29.7. The Kier molecular flexibility index (Phi) is 5.96. The number of imidazole rings is 1. The predicted octanol–water partition coefficient (Wildman–Crippen LogP) is 3.50. The quantitative estimate of drug-likeness (QED) is 0.141. The van der Waals surface area contributed by atoms with Gasteiger partial charge in [0, 0.05) is 23.2 Å². The van der Waals surface area contributed by atoms with Gasteiger partial charge in [0.25, 0.3) is 0 Å². The fraction of sp³-hybridized carbons (Fsp3) is 0.192. The van der Waals surface area contributed by atoms with Gasteiger partial charge in [-0.15, -0.1) is 0 Å². The number of ether oxygens (including phenoxy) is 1. The monoisotopic (exact) mass is 473 g/mol. The summed E-state index contributed by atoms with van der Waals surface area (Å²) < 4.78 is 5.01. The number of nitrogens with zero attached hydrogens (tertiary/aromatic N) is 1. The third-order valence-electron chi connectivity index (χ3n) is 6.16. The molecule has 0 atom stereocenters. The van der Waals surface area contributed by atoms with Crippen LogP contribution in [0.25, 0.3) is 33.5 Å². The van der Waals surface area contributed by atoms with E-state index in [-0.39, 0.29) is 23.9 Å². The number of aromatic hydroxyl groups is 2. The van der Waals surface area contributed by atoms with Crippen molar-refractivity contribution in [3.63, 3.8) is 0 Å². The molecule has 0 bridgehead atoms. The summed E-state index contributed by atoms with van der Waals surface area (Å²) in [6.07, 6.45) is 0. The Morgan fingerprint density at radius 1 is 1.09 bits per heavy atom. The molecule has 180 valence electrons. The molecule has 0 aliphatic heterocycles. The van der Waals surface area contributed by atoms with Crippen LogP contribution >= 0.6 is 0 Å². The lowest BCUT2D eigenvalue weighted by atomic mass is 9.81. The number of benzene rings is 3. The zero-order chi connectivity index (χ0) is 25.5. The number of carbonyl (C=O) groups excluding carboxylic acids is 1. The number of nitrogens with two attached hydrogens (primary N) is 2. The number of hydrogen-bond acceptors (Lipinski definition) is 7. The van der Waals surface area contributed by atoms with Gasteiger partial charge in [0.2, 0.25) is 0 Å². The Morgan fingerprint density at radius 3 is 2.46 bits per heavy atom. The topological polar surface area (TPSA) is 171 Å². The summed E-state index contributed by atoms with van der Waals surface area (Å²) in [7, 11) is 1.31. The molecule has 0 aliphatic carbocycles. The molecule has 9 heteroatoms. The SMILES string of the molecule is COC(=O)C(C)(C)c1cc(-c2nc3cc(C(=N)N)ccc3[nH]2)c(O)c(-c2cc(CN)ccc2O)c1. The number of esters is 1. The van der Waals surface area contributed by atoms with Gasteiger partial charge in [-0.05, 0) is 67.4 Å². The van der Waals surface area contributed by atoms with Crippen molar-refractivity contribution in [1.82, 2.24) is 9.97 Å². The Hall–Kier alpha value is -4.37. The van der Waals surface area contributed by atoms with Crippen molar-refractivity contribution in [2.45, 2.75) is 25.8 Å². The molecule has 0 unspecified atom stereocenters. The minimum absolute atomic E-state index is 0.0489. The second kappa shape index (κ2) is 8.77. The van der Waals surface area contributed by atoms with Gasteiger partial charge >= 0.3 is 5.97 Å². The highest BCUT2D eigenvalue weighted by atomic mass is 16.5. The van der Waals surface area contributed by atoms with Crippen LogP contribution in [-0.4, -0.2) is 39.1 Å². The minimum Gasteiger partial charge on any atom is -0.507 e. The number of phenolic OH excluding ortho intramolecular Hbond substituents is 2. The Labute approximate surface area is 201 Å². The molecule has 8 N–H and O–H groups in total. The van der Waals surface area contributed by atoms with Gasteiger partial charge in [0.1, 0.15) is 23.2 Å². The van der Waals surface area contributed by atoms with Gasteiger partial charge in [0.05, 0.1) is 29.1 Å². The smallest absolute Gasteiger partial charge is 0.315 e. The fourth-order valence-electron chi connectivity index (χ4n) is 3.98. The Bertz CT molecular complexity index is 1470. The highest BCUT2D eigenvalue weighted by Gasteiger charge is 2.33. The molecule has 0 aliphatic rings. The van der Waals surface area contributed by atoms with Gasteiger partial charge < -0.3 is 31.4 Å². The van der Waals surface area contributed by atoms with Crippen LogP contribution in [0.4, 0.5) is 0 Å². The molecular formula is C26H27N5O4. The van der Waals surface area contributed by atoms with Gasteiger partial charge in [0.15, 0.2) is 0 Å². The van der Waals surface area contributed by atoms with E-state index >= 15 is 0 Å². The summed E-state index contributed by atoms with van der Waals surface area (Å²) in [5.74, 6) is -0.386. The number of amidine groups is 1. The largest absolute Gasteiger partial charge is 0.507 e. The number of rotatable bonds is 6. The number of nitrogens with one attached hydrogen (secondary N) is 2. The van der Waals surface area contributed by atoms with Crippen LogP contribution in [0.5, 0.6) is 11.5 Å². The van der Waals surface area contributed by atoms with E-state index in [0.29, 0.717) is 44.7 Å². The highest BCUT2D eigenvalue weighted by Crippen LogP contribution is 2.44. The van der Waals surface area contributed by atoms with Crippen molar-refractivity contribution in [2.75, 3.05) is 7.11 Å². The maximum absolute atomic E-state index is 12.6. The average molecular weight is 474 g/mol. The number of carbonyl (C=O) groups is 1. The molecule has 0 amide bonds. The number of aromatic amines is 1. The molecule has 1 aromatic heterocycles. The van der Waals surface area contributed by atoms with E-state index in [9.17, 15) is 15.0 Å². The number of hydrogen-bond donors (Lipinski definition) is 6. The molecule has 0 saturated carbocycles. The maximum atomic E-state index is 12.6. The number of H-pyrrole nitrogens is 1. The molecule has 0 spiro atoms. The van der Waals surface area contributed by atoms with Gasteiger partial charge in [-0.3, -0.25) is 10.2 Å². The van der Waals surface area contributed by atoms with Gasteiger partial charge in [-0.2, -0.15) is 0 Å². The zero-order valence-corrected chi connectivity index (χ0v) is 19.6. The fourth-order valence-corrected chi connectivity index (χ4v) is 3.98. The number of nitrogen functional groups attached to an aromatic ring is 1. The van der Waals surface area contributed by atoms with Crippen LogP contribution < -0.4 is 11.5 Å². The van der Waals surface area contributed by atoms with Gasteiger partial charge in [-0.25, -0.2) is 4.98 Å². The number of fused-ring (bicyclic) bond motifs is 1. The second-order valence-electron chi connectivity index (χ2n) is 8.82. The van der Waals surface area contributed by atoms with Crippen LogP contribution in [0.2, 0.25) is 0 Å². The standard InChI is InChI=1S/C26H27N5O4/c1-26(2,25(34)35-3)15-10-17(16-8-13(12-27)4-7-21(16)32)22(33)18(11-15)24-30-19-6-5-14(23(28)29)9-20(19)31-24/h4-11,32-33H,12,27H2,1-3H3,(H3,28,29)(H,30,31). The highest BCUT2D eigenvalue weighted by molar-refractivity contribution is 5.98. The first kappa shape index (κ1) is 23.8. The normalized spacial score (nSPS) is 11.5.